The molecule has 0 saturated heterocycles. The summed E-state index contributed by atoms with van der Waals surface area (Å²) < 4.78 is 5.11. The third-order valence-corrected chi connectivity index (χ3v) is 2.68. The second-order valence-corrected chi connectivity index (χ2v) is 4.09. The van der Waals surface area contributed by atoms with E-state index in [1.54, 1.807) is 7.11 Å². The molecule has 5 heteroatoms. The smallest absolute Gasteiger partial charge is 0.335 e. The van der Waals surface area contributed by atoms with Crippen LogP contribution < -0.4 is 10.3 Å². The lowest BCUT2D eigenvalue weighted by Gasteiger charge is -2.05. The van der Waals surface area contributed by atoms with E-state index in [1.165, 1.54) is 6.07 Å². The number of ether oxygens (including phenoxy) is 1. The van der Waals surface area contributed by atoms with E-state index in [9.17, 15) is 9.59 Å². The fourth-order valence-corrected chi connectivity index (χ4v) is 1.82. The number of aromatic nitrogens is 1. The lowest BCUT2D eigenvalue weighted by molar-refractivity contribution is 0.0696. The minimum absolute atomic E-state index is 0.0124. The predicted octanol–water partition coefficient (Wildman–Crippen LogP) is 1.67. The minimum atomic E-state index is -1.11. The van der Waals surface area contributed by atoms with Crippen LogP contribution in [0.15, 0.2) is 41.2 Å². The zero-order chi connectivity index (χ0) is 13.8. The Morgan fingerprint density at radius 3 is 2.79 bits per heavy atom. The van der Waals surface area contributed by atoms with E-state index >= 15 is 0 Å². The summed E-state index contributed by atoms with van der Waals surface area (Å²) in [5, 5.41) is 8.91. The average molecular weight is 259 g/mol. The van der Waals surface area contributed by atoms with Crippen LogP contribution in [-0.4, -0.2) is 23.2 Å². The second-order valence-electron chi connectivity index (χ2n) is 4.09. The van der Waals surface area contributed by atoms with Gasteiger partial charge in [-0.1, -0.05) is 12.1 Å². The highest BCUT2D eigenvalue weighted by Gasteiger charge is 2.07. The number of aromatic carboxylic acids is 1. The highest BCUT2D eigenvalue weighted by Crippen LogP contribution is 2.15. The van der Waals surface area contributed by atoms with Crippen molar-refractivity contribution in [1.82, 2.24) is 4.98 Å². The number of rotatable bonds is 4. The molecule has 0 unspecified atom stereocenters. The van der Waals surface area contributed by atoms with Crippen molar-refractivity contribution in [2.24, 2.45) is 0 Å². The number of carboxylic acid groups (broad SMARTS) is 1. The molecule has 0 saturated carbocycles. The van der Waals surface area contributed by atoms with Crippen LogP contribution in [0, 0.1) is 0 Å². The predicted molar refractivity (Wildman–Crippen MR) is 69.8 cm³/mol. The Kier molecular flexibility index (Phi) is 3.66. The van der Waals surface area contributed by atoms with Crippen molar-refractivity contribution in [3.63, 3.8) is 0 Å². The summed E-state index contributed by atoms with van der Waals surface area (Å²) >= 11 is 0. The van der Waals surface area contributed by atoms with Crippen LogP contribution in [0.5, 0.6) is 5.75 Å². The molecule has 5 nitrogen and oxygen atoms in total. The van der Waals surface area contributed by atoms with Crippen LogP contribution in [-0.2, 0) is 6.42 Å². The van der Waals surface area contributed by atoms with Crippen molar-refractivity contribution in [3.05, 3.63) is 63.6 Å². The molecule has 2 aromatic rings. The molecule has 2 rings (SSSR count). The van der Waals surface area contributed by atoms with Gasteiger partial charge in [-0.25, -0.2) is 4.79 Å². The van der Waals surface area contributed by atoms with Crippen molar-refractivity contribution in [2.45, 2.75) is 6.42 Å². The SMILES string of the molecule is COc1cccc(Cc2cc(C(=O)O)cc(=O)[nH]2)c1. The molecule has 0 atom stereocenters. The standard InChI is InChI=1S/C14H13NO4/c1-19-12-4-2-3-9(6-12)5-11-7-10(14(17)18)8-13(16)15-11/h2-4,6-8H,5H2,1H3,(H,15,16)(H,17,18). The van der Waals surface area contributed by atoms with Gasteiger partial charge in [-0.15, -0.1) is 0 Å². The molecule has 0 amide bonds. The van der Waals surface area contributed by atoms with E-state index < -0.39 is 11.5 Å². The van der Waals surface area contributed by atoms with E-state index in [-0.39, 0.29) is 5.56 Å². The summed E-state index contributed by atoms with van der Waals surface area (Å²) in [5.74, 6) is -0.396. The molecule has 1 heterocycles. The Balaban J connectivity index is 2.32. The van der Waals surface area contributed by atoms with Gasteiger partial charge in [0.1, 0.15) is 5.75 Å². The number of pyridine rings is 1. The number of methoxy groups -OCH3 is 1. The van der Waals surface area contributed by atoms with Gasteiger partial charge in [-0.05, 0) is 23.8 Å². The fraction of sp³-hybridized carbons (Fsp3) is 0.143. The first-order valence-corrected chi connectivity index (χ1v) is 5.68. The summed E-state index contributed by atoms with van der Waals surface area (Å²) in [5.41, 5.74) is 1.05. The van der Waals surface area contributed by atoms with E-state index in [4.69, 9.17) is 9.84 Å². The number of hydrogen-bond donors (Lipinski definition) is 2. The summed E-state index contributed by atoms with van der Waals surface area (Å²) in [6.07, 6.45) is 0.438. The van der Waals surface area contributed by atoms with Gasteiger partial charge in [0.2, 0.25) is 5.56 Å². The van der Waals surface area contributed by atoms with Gasteiger partial charge in [0.05, 0.1) is 12.7 Å². The molecule has 0 radical (unpaired) electrons. The quantitative estimate of drug-likeness (QED) is 0.875. The maximum atomic E-state index is 11.4. The Morgan fingerprint density at radius 2 is 2.11 bits per heavy atom. The molecule has 2 N–H and O–H groups in total. The van der Waals surface area contributed by atoms with Crippen LogP contribution in [0.25, 0.3) is 0 Å². The van der Waals surface area contributed by atoms with Crippen molar-refractivity contribution in [3.8, 4) is 5.75 Å². The first kappa shape index (κ1) is 12.9. The first-order valence-electron chi connectivity index (χ1n) is 5.68. The highest BCUT2D eigenvalue weighted by atomic mass is 16.5. The van der Waals surface area contributed by atoms with Crippen molar-refractivity contribution in [1.29, 1.82) is 0 Å². The van der Waals surface area contributed by atoms with Crippen LogP contribution in [0.2, 0.25) is 0 Å². The Bertz CT molecular complexity index is 660. The lowest BCUT2D eigenvalue weighted by atomic mass is 10.1. The zero-order valence-electron chi connectivity index (χ0n) is 10.3. The van der Waals surface area contributed by atoms with E-state index in [0.29, 0.717) is 17.9 Å². The van der Waals surface area contributed by atoms with E-state index in [1.807, 2.05) is 24.3 Å². The van der Waals surface area contributed by atoms with Gasteiger partial charge < -0.3 is 14.8 Å². The van der Waals surface area contributed by atoms with Crippen LogP contribution in [0.4, 0.5) is 0 Å². The van der Waals surface area contributed by atoms with Crippen LogP contribution >= 0.6 is 0 Å². The van der Waals surface area contributed by atoms with Gasteiger partial charge in [-0.2, -0.15) is 0 Å². The minimum Gasteiger partial charge on any atom is -0.497 e. The normalized spacial score (nSPS) is 10.2. The van der Waals surface area contributed by atoms with Crippen molar-refractivity contribution >= 4 is 5.97 Å². The second kappa shape index (κ2) is 5.39. The van der Waals surface area contributed by atoms with Gasteiger partial charge >= 0.3 is 5.97 Å². The summed E-state index contributed by atoms with van der Waals surface area (Å²) in [6.45, 7) is 0. The Morgan fingerprint density at radius 1 is 1.32 bits per heavy atom. The molecule has 0 fully saturated rings. The first-order chi connectivity index (χ1) is 9.08. The molecular weight excluding hydrogens is 246 g/mol. The topological polar surface area (TPSA) is 79.4 Å². The van der Waals surface area contributed by atoms with Crippen molar-refractivity contribution in [2.75, 3.05) is 7.11 Å². The van der Waals surface area contributed by atoms with Gasteiger partial charge in [0.15, 0.2) is 0 Å². The van der Waals surface area contributed by atoms with E-state index in [2.05, 4.69) is 4.98 Å². The molecule has 1 aromatic carbocycles. The number of hydrogen-bond acceptors (Lipinski definition) is 3. The Hall–Kier alpha value is -2.56. The molecule has 0 aliphatic rings. The maximum absolute atomic E-state index is 11.4. The molecule has 1 aromatic heterocycles. The number of carboxylic acids is 1. The molecule has 0 bridgehead atoms. The molecule has 0 aliphatic carbocycles. The molecule has 19 heavy (non-hydrogen) atoms. The summed E-state index contributed by atoms with van der Waals surface area (Å²) in [7, 11) is 1.58. The lowest BCUT2D eigenvalue weighted by Crippen LogP contribution is -2.12. The van der Waals surface area contributed by atoms with Gasteiger partial charge in [-0.3, -0.25) is 4.79 Å². The third-order valence-electron chi connectivity index (χ3n) is 2.68. The Labute approximate surface area is 109 Å². The number of H-pyrrole nitrogens is 1. The number of aromatic amines is 1. The average Bonchev–Trinajstić information content (AvgIpc) is 2.38. The largest absolute Gasteiger partial charge is 0.497 e. The number of nitrogens with one attached hydrogen (secondary N) is 1. The van der Waals surface area contributed by atoms with Crippen molar-refractivity contribution < 1.29 is 14.6 Å². The van der Waals surface area contributed by atoms with Crippen LogP contribution in [0.1, 0.15) is 21.6 Å². The highest BCUT2D eigenvalue weighted by molar-refractivity contribution is 5.87. The zero-order valence-corrected chi connectivity index (χ0v) is 10.3. The van der Waals surface area contributed by atoms with Gasteiger partial charge in [0.25, 0.3) is 0 Å². The third kappa shape index (κ3) is 3.22. The van der Waals surface area contributed by atoms with Gasteiger partial charge in [0, 0.05) is 18.2 Å². The van der Waals surface area contributed by atoms with Crippen LogP contribution in [0.3, 0.4) is 0 Å². The molecule has 0 aliphatic heterocycles. The number of benzene rings is 1. The monoisotopic (exact) mass is 259 g/mol. The van der Waals surface area contributed by atoms with E-state index in [0.717, 1.165) is 11.6 Å². The maximum Gasteiger partial charge on any atom is 0.335 e. The molecule has 0 spiro atoms. The summed E-state index contributed by atoms with van der Waals surface area (Å²) in [4.78, 5) is 24.9. The number of carbonyl (C=O) groups is 1. The summed E-state index contributed by atoms with van der Waals surface area (Å²) in [6, 6.07) is 9.91. The fourth-order valence-electron chi connectivity index (χ4n) is 1.82. The molecule has 98 valence electrons. The molecular formula is C14H13NO4.